The van der Waals surface area contributed by atoms with Gasteiger partial charge in [0.2, 0.25) is 76.8 Å². The summed E-state index contributed by atoms with van der Waals surface area (Å²) in [6.45, 7) is 6.21. The van der Waals surface area contributed by atoms with Crippen LogP contribution in [0.15, 0.2) is 52.1 Å². The van der Waals surface area contributed by atoms with Gasteiger partial charge in [-0.1, -0.05) is 105 Å². The number of unbranched alkanes of at least 4 members (excludes halogenated alkanes) is 6. The number of primary amides is 1. The first kappa shape index (κ1) is 105. The van der Waals surface area contributed by atoms with Crippen molar-refractivity contribution in [2.45, 2.75) is 298 Å². The highest BCUT2D eigenvalue weighted by molar-refractivity contribution is 8.76. The number of aliphatic imine (C=N–C) groups is 2. The SMILES string of the molecule is CCCCC(NC(=O)[C@H]1CCCN1C(=O)CNC(=O)[C@@H](CCCCN)NC(=O)[C@H]1CSSC[C@H](NC(=O)[C@@H]2CCCN2C(=O)[C@H](CCCN=C(N)N)CC(=O)[C@H](CCC(N)=O)NC(=O)[C@@H](CC(=O)[C@H](C)NC(=O)CCCCCCC(=O)CCCCC2SCC3NC(=O)NC32)CC2=CN=CC2)C(=O)N[C@@H](CC(C)C)C(=O)N[C@H](CO)C(=O)N1)C(=O)NCCc1ccccc1. The van der Waals surface area contributed by atoms with Gasteiger partial charge in [-0.2, -0.15) is 11.8 Å². The number of nitrogens with one attached hydrogen (secondary N) is 12. The second-order valence-electron chi connectivity index (χ2n) is 34.2. The van der Waals surface area contributed by atoms with Crippen LogP contribution in [0.1, 0.15) is 219 Å². The molecule has 4 unspecified atom stereocenters. The maximum absolute atomic E-state index is 15.2. The molecule has 15 atom stereocenters. The third-order valence-electron chi connectivity index (χ3n) is 23.5. The minimum atomic E-state index is -1.69. The normalized spacial score (nSPS) is 21.9. The second-order valence-corrected chi connectivity index (χ2v) is 38.1. The van der Waals surface area contributed by atoms with Crippen molar-refractivity contribution in [3.8, 4) is 0 Å². The maximum atomic E-state index is 15.2. The number of likely N-dealkylation sites (tertiary alicyclic amines) is 2. The molecule has 0 saturated carbocycles. The number of hydrogen-bond donors (Lipinski definition) is 17. The predicted molar refractivity (Wildman–Crippen MR) is 488 cm³/mol. The number of guanidine groups is 1. The summed E-state index contributed by atoms with van der Waals surface area (Å²) < 4.78 is 0. The molecule has 6 aliphatic heterocycles. The van der Waals surface area contributed by atoms with Crippen molar-refractivity contribution in [2.75, 3.05) is 63.1 Å². The van der Waals surface area contributed by atoms with Crippen LogP contribution >= 0.6 is 33.3 Å². The highest BCUT2D eigenvalue weighted by Crippen LogP contribution is 2.34. The standard InChI is InChI=1S/C87H136N20O18S3/c1-5-6-26-60(77(116)93-39-35-54-21-10-9-11-22-54)99-83(122)67-28-19-40-106(67)74(114)47-95-78(117)61(27-16-17-36-88)98-81(120)65-50-127-128-51-66(82(121)100-62(42-52(2)3)79(118)101-63(48-108)80(119)102-65)103-84(123)68-29-20-41-107(68)85(124)56(23-18-37-94-86(90)91)44-70(111)59(32-33-72(89)112)97-76(115)57(43-55-34-38-92-46-55)45-69(110)53(4)96-73(113)31-13-8-7-12-24-58(109)25-14-15-30-71-75-64(49-126-71)104-87(125)105-75/h9-11,21-22,38,46,52-53,56-57,59-68,71,75,108H,5-8,12-20,23-37,39-45,47-51,88H2,1-4H3,(H2,89,112)(H,93,116)(H,95,117)(H,96,113)(H,97,115)(H,98,120)(H,99,122)(H,100,121)(H,101,118)(H,102,119)(H,103,123)(H4,90,91,94)(H2,104,105,125)/t53-,56+,57+,59-,60?,61+,62-,63+,64?,65+,66-,67+,68-,71?,75?/m0/s1. The first-order chi connectivity index (χ1) is 61.4. The molecule has 0 bridgehead atoms. The Bertz CT molecular complexity index is 4050. The number of benzene rings is 1. The molecule has 0 radical (unpaired) electrons. The van der Waals surface area contributed by atoms with Gasteiger partial charge in [0.25, 0.3) is 0 Å². The van der Waals surface area contributed by atoms with E-state index in [2.05, 4.69) is 73.8 Å². The molecule has 1 aromatic rings. The number of urea groups is 1. The van der Waals surface area contributed by atoms with E-state index in [9.17, 15) is 81.8 Å². The molecule has 5 saturated heterocycles. The molecule has 7 rings (SSSR count). The van der Waals surface area contributed by atoms with E-state index in [1.165, 1.54) is 16.7 Å². The van der Waals surface area contributed by atoms with Crippen LogP contribution in [0.4, 0.5) is 4.79 Å². The van der Waals surface area contributed by atoms with E-state index in [4.69, 9.17) is 22.9 Å². The van der Waals surface area contributed by atoms with Crippen molar-refractivity contribution >= 4 is 146 Å². The molecular weight excluding hydrogens is 1710 g/mol. The molecule has 0 spiro atoms. The van der Waals surface area contributed by atoms with Gasteiger partial charge in [-0.05, 0) is 146 Å². The summed E-state index contributed by atoms with van der Waals surface area (Å²) in [5, 5.41) is 44.0. The maximum Gasteiger partial charge on any atom is 0.315 e. The minimum Gasteiger partial charge on any atom is -0.394 e. The third kappa shape index (κ3) is 36.0. The molecule has 1 aromatic carbocycles. The number of carbonyl (C=O) groups is 17. The highest BCUT2D eigenvalue weighted by atomic mass is 33.1. The van der Waals surface area contributed by atoms with Crippen LogP contribution in [0.5, 0.6) is 0 Å². The molecular formula is C87H136N20O18S3. The van der Waals surface area contributed by atoms with E-state index in [1.807, 2.05) is 49.0 Å². The summed E-state index contributed by atoms with van der Waals surface area (Å²) in [5.41, 5.74) is 24.6. The first-order valence-electron chi connectivity index (χ1n) is 45.3. The molecule has 0 aromatic heterocycles. The molecule has 21 N–H and O–H groups in total. The Morgan fingerprint density at radius 2 is 1.28 bits per heavy atom. The zero-order valence-electron chi connectivity index (χ0n) is 74.3. The van der Waals surface area contributed by atoms with Crippen LogP contribution in [0.3, 0.4) is 0 Å². The minimum absolute atomic E-state index is 0.00642. The lowest BCUT2D eigenvalue weighted by molar-refractivity contribution is -0.144. The Kier molecular flexibility index (Phi) is 46.1. The third-order valence-corrected chi connectivity index (χ3v) is 27.5. The van der Waals surface area contributed by atoms with Crippen LogP contribution in [-0.4, -0.2) is 268 Å². The lowest BCUT2D eigenvalue weighted by Gasteiger charge is -2.31. The Morgan fingerprint density at radius 1 is 0.625 bits per heavy atom. The number of Topliss-reactive ketones (excluding diaryl/α,β-unsaturated/α-hetero) is 3. The molecule has 38 nitrogen and oxygen atoms in total. The Morgan fingerprint density at radius 3 is 1.96 bits per heavy atom. The Labute approximate surface area is 761 Å². The van der Waals surface area contributed by atoms with E-state index in [0.29, 0.717) is 101 Å². The Hall–Kier alpha value is -9.74. The van der Waals surface area contributed by atoms with Gasteiger partial charge in [-0.3, -0.25) is 86.7 Å². The van der Waals surface area contributed by atoms with Gasteiger partial charge in [-0.25, -0.2) is 4.79 Å². The summed E-state index contributed by atoms with van der Waals surface area (Å²) in [6.07, 6.45) is 12.5. The van der Waals surface area contributed by atoms with E-state index in [1.54, 1.807) is 26.3 Å². The zero-order chi connectivity index (χ0) is 93.2. The number of aliphatic hydroxyl groups is 1. The number of hydrogen-bond acceptors (Lipinski definition) is 24. The predicted octanol–water partition coefficient (Wildman–Crippen LogP) is 0.948. The van der Waals surface area contributed by atoms with Crippen molar-refractivity contribution in [1.29, 1.82) is 0 Å². The topological polar surface area (TPSA) is 590 Å². The van der Waals surface area contributed by atoms with Crippen molar-refractivity contribution in [1.82, 2.24) is 73.6 Å². The monoisotopic (exact) mass is 1840 g/mol. The fraction of sp³-hybridized carbons (Fsp3) is 0.690. The molecule has 0 aliphatic carbocycles. The molecule has 128 heavy (non-hydrogen) atoms. The summed E-state index contributed by atoms with van der Waals surface area (Å²) in [5.74, 6) is -12.8. The molecule has 15 amide bonds. The number of ketones is 3. The molecule has 6 heterocycles. The van der Waals surface area contributed by atoms with Gasteiger partial charge < -0.3 is 102 Å². The average Bonchev–Trinajstić information content (AvgIpc) is 1.66. The number of amides is 15. The van der Waals surface area contributed by atoms with Gasteiger partial charge in [0.05, 0.1) is 37.3 Å². The molecule has 710 valence electrons. The Balaban J connectivity index is 0.982. The number of nitrogens with two attached hydrogens (primary N) is 4. The summed E-state index contributed by atoms with van der Waals surface area (Å²) >= 11 is 1.85. The van der Waals surface area contributed by atoms with Crippen molar-refractivity contribution in [2.24, 2.45) is 50.7 Å². The number of aliphatic hydroxyl groups excluding tert-OH is 1. The lowest BCUT2D eigenvalue weighted by atomic mass is 9.89. The van der Waals surface area contributed by atoms with Crippen LogP contribution in [-0.2, 0) is 83.1 Å². The van der Waals surface area contributed by atoms with E-state index < -0.39 is 168 Å². The smallest absolute Gasteiger partial charge is 0.315 e. The van der Waals surface area contributed by atoms with Crippen LogP contribution < -0.4 is 86.7 Å². The van der Waals surface area contributed by atoms with Crippen molar-refractivity contribution in [3.05, 3.63) is 47.7 Å². The van der Waals surface area contributed by atoms with Crippen molar-refractivity contribution in [3.63, 3.8) is 0 Å². The van der Waals surface area contributed by atoms with Gasteiger partial charge in [0, 0.05) is 118 Å². The number of nitrogens with zero attached hydrogens (tertiary/aromatic N) is 4. The van der Waals surface area contributed by atoms with Crippen molar-refractivity contribution < 1.29 is 86.6 Å². The number of fused-ring (bicyclic) bond motifs is 1. The molecule has 6 aliphatic rings. The molecule has 41 heteroatoms. The number of thioether (sulfide) groups is 1. The average molecular weight is 1850 g/mol. The quantitative estimate of drug-likeness (QED) is 0.0142. The molecule has 5 fully saturated rings. The van der Waals surface area contributed by atoms with Gasteiger partial charge in [0.15, 0.2) is 17.5 Å². The highest BCUT2D eigenvalue weighted by Gasteiger charge is 2.45. The fourth-order valence-electron chi connectivity index (χ4n) is 16.4. The van der Waals surface area contributed by atoms with Gasteiger partial charge >= 0.3 is 6.03 Å². The summed E-state index contributed by atoms with van der Waals surface area (Å²) in [4.78, 5) is 248. The number of carbonyl (C=O) groups excluding carboxylic acids is 17. The summed E-state index contributed by atoms with van der Waals surface area (Å²) in [7, 11) is 1.96. The van der Waals surface area contributed by atoms with E-state index >= 15 is 4.79 Å². The van der Waals surface area contributed by atoms with E-state index in [-0.39, 0.29) is 156 Å². The number of allylic oxidation sites excluding steroid dienone is 1. The fourth-order valence-corrected chi connectivity index (χ4v) is 20.2. The lowest BCUT2D eigenvalue weighted by Crippen LogP contribution is -2.61. The first-order valence-corrected chi connectivity index (χ1v) is 48.9. The second kappa shape index (κ2) is 56.0. The van der Waals surface area contributed by atoms with Gasteiger partial charge in [-0.15, -0.1) is 0 Å². The number of rotatable bonds is 54. The largest absolute Gasteiger partial charge is 0.394 e. The van der Waals surface area contributed by atoms with Crippen LogP contribution in [0.2, 0.25) is 0 Å². The van der Waals surface area contributed by atoms with Crippen LogP contribution in [0.25, 0.3) is 0 Å². The summed E-state index contributed by atoms with van der Waals surface area (Å²) in [6, 6.07) is -3.12. The van der Waals surface area contributed by atoms with Gasteiger partial charge in [0.1, 0.15) is 54.1 Å². The van der Waals surface area contributed by atoms with E-state index in [0.717, 1.165) is 65.0 Å². The van der Waals surface area contributed by atoms with Crippen LogP contribution in [0, 0.1) is 17.8 Å². The zero-order valence-corrected chi connectivity index (χ0v) is 76.7.